The molecule has 2 aliphatic rings. The molecule has 0 spiro atoms. The van der Waals surface area contributed by atoms with E-state index < -0.39 is 11.7 Å². The fourth-order valence-electron chi connectivity index (χ4n) is 2.89. The van der Waals surface area contributed by atoms with Crippen LogP contribution in [0.2, 0.25) is 0 Å². The number of nitrogens with one attached hydrogen (secondary N) is 1. The average Bonchev–Trinajstić information content (AvgIpc) is 2.58. The molecule has 3 rings (SSSR count). The first-order chi connectivity index (χ1) is 8.55. The van der Waals surface area contributed by atoms with Crippen molar-refractivity contribution in [2.45, 2.75) is 31.1 Å². The molecule has 2 aliphatic heterocycles. The minimum atomic E-state index is -4.30. The van der Waals surface area contributed by atoms with Gasteiger partial charge in [0.1, 0.15) is 5.82 Å². The second-order valence-electron chi connectivity index (χ2n) is 4.85. The van der Waals surface area contributed by atoms with Gasteiger partial charge in [-0.15, -0.1) is 0 Å². The van der Waals surface area contributed by atoms with Gasteiger partial charge in [-0.05, 0) is 25.0 Å². The van der Waals surface area contributed by atoms with Crippen LogP contribution in [0.5, 0.6) is 0 Å². The smallest absolute Gasteiger partial charge is 0.348 e. The minimum Gasteiger partial charge on any atom is -0.348 e. The Morgan fingerprint density at radius 1 is 1.22 bits per heavy atom. The number of anilines is 1. The van der Waals surface area contributed by atoms with Crippen LogP contribution in [-0.2, 0) is 6.18 Å². The molecule has 1 N–H and O–H groups in total. The largest absolute Gasteiger partial charge is 0.416 e. The number of piperazine rings is 1. The van der Waals surface area contributed by atoms with E-state index in [-0.39, 0.29) is 12.1 Å². The molecular weight excluding hydrogens is 243 g/mol. The zero-order valence-corrected chi connectivity index (χ0v) is 9.74. The summed E-state index contributed by atoms with van der Waals surface area (Å²) in [5.41, 5.74) is -0.620. The minimum absolute atomic E-state index is 0.278. The summed E-state index contributed by atoms with van der Waals surface area (Å²) in [6.45, 7) is 1.66. The van der Waals surface area contributed by atoms with E-state index in [4.69, 9.17) is 0 Å². The lowest BCUT2D eigenvalue weighted by atomic mass is 10.2. The Balaban J connectivity index is 1.93. The second kappa shape index (κ2) is 4.12. The number of fused-ring (bicyclic) bond motifs is 2. The van der Waals surface area contributed by atoms with Gasteiger partial charge in [-0.3, -0.25) is 0 Å². The number of alkyl halides is 3. The number of hydrogen-bond donors (Lipinski definition) is 1. The number of pyridine rings is 1. The average molecular weight is 257 g/mol. The first-order valence-electron chi connectivity index (χ1n) is 6.08. The van der Waals surface area contributed by atoms with Gasteiger partial charge in [0.25, 0.3) is 0 Å². The molecule has 98 valence electrons. The number of aromatic nitrogens is 1. The van der Waals surface area contributed by atoms with Crippen LogP contribution >= 0.6 is 0 Å². The highest BCUT2D eigenvalue weighted by atomic mass is 19.4. The first kappa shape index (κ1) is 11.8. The van der Waals surface area contributed by atoms with Gasteiger partial charge in [0.05, 0.1) is 5.56 Å². The highest BCUT2D eigenvalue weighted by molar-refractivity contribution is 5.46. The van der Waals surface area contributed by atoms with Crippen LogP contribution in [0.25, 0.3) is 0 Å². The van der Waals surface area contributed by atoms with E-state index in [0.29, 0.717) is 5.82 Å². The molecule has 0 aliphatic carbocycles. The molecule has 3 heterocycles. The molecule has 18 heavy (non-hydrogen) atoms. The van der Waals surface area contributed by atoms with Crippen LogP contribution < -0.4 is 10.2 Å². The van der Waals surface area contributed by atoms with E-state index >= 15 is 0 Å². The number of hydrogen-bond acceptors (Lipinski definition) is 3. The normalized spacial score (nSPS) is 27.6. The highest BCUT2D eigenvalue weighted by Crippen LogP contribution is 2.35. The second-order valence-corrected chi connectivity index (χ2v) is 4.85. The molecule has 2 atom stereocenters. The summed E-state index contributed by atoms with van der Waals surface area (Å²) < 4.78 is 38.1. The monoisotopic (exact) mass is 257 g/mol. The van der Waals surface area contributed by atoms with Gasteiger partial charge >= 0.3 is 6.18 Å². The predicted octanol–water partition coefficient (Wildman–Crippen LogP) is 2.04. The van der Waals surface area contributed by atoms with Gasteiger partial charge in [-0.25, -0.2) is 4.98 Å². The van der Waals surface area contributed by atoms with Crippen LogP contribution in [0.4, 0.5) is 19.0 Å². The Bertz CT molecular complexity index is 430. The van der Waals surface area contributed by atoms with Crippen LogP contribution in [0.15, 0.2) is 18.3 Å². The standard InChI is InChI=1S/C12H14F3N3/c13-12(14,15)8-3-4-17-11(5-8)18-9-1-2-10(18)7-16-6-9/h3-5,9-10,16H,1-2,6-7H2. The molecule has 2 unspecified atom stereocenters. The molecule has 2 bridgehead atoms. The summed E-state index contributed by atoms with van der Waals surface area (Å²) in [7, 11) is 0. The lowest BCUT2D eigenvalue weighted by Crippen LogP contribution is -2.52. The topological polar surface area (TPSA) is 28.2 Å². The summed E-state index contributed by atoms with van der Waals surface area (Å²) in [4.78, 5) is 6.16. The van der Waals surface area contributed by atoms with Gasteiger partial charge < -0.3 is 10.2 Å². The molecule has 1 aromatic heterocycles. The Hall–Kier alpha value is -1.30. The molecule has 3 nitrogen and oxygen atoms in total. The maximum Gasteiger partial charge on any atom is 0.416 e. The third kappa shape index (κ3) is 1.94. The summed E-state index contributed by atoms with van der Waals surface area (Å²) in [5, 5.41) is 3.30. The van der Waals surface area contributed by atoms with Crippen LogP contribution in [0.3, 0.4) is 0 Å². The number of halogens is 3. The third-order valence-electron chi connectivity index (χ3n) is 3.72. The van der Waals surface area contributed by atoms with Crippen molar-refractivity contribution >= 4 is 5.82 Å². The highest BCUT2D eigenvalue weighted by Gasteiger charge is 2.38. The van der Waals surface area contributed by atoms with E-state index in [0.717, 1.165) is 38.1 Å². The summed E-state index contributed by atoms with van der Waals surface area (Å²) in [6.07, 6.45) is -1.00. The quantitative estimate of drug-likeness (QED) is 0.834. The first-order valence-corrected chi connectivity index (χ1v) is 6.08. The Morgan fingerprint density at radius 2 is 1.89 bits per heavy atom. The zero-order chi connectivity index (χ0) is 12.8. The molecule has 2 fully saturated rings. The van der Waals surface area contributed by atoms with Crippen molar-refractivity contribution in [3.05, 3.63) is 23.9 Å². The van der Waals surface area contributed by atoms with E-state index in [1.165, 1.54) is 6.20 Å². The summed E-state index contributed by atoms with van der Waals surface area (Å²) in [6, 6.07) is 2.74. The van der Waals surface area contributed by atoms with Gasteiger partial charge in [-0.1, -0.05) is 0 Å². The molecular formula is C12H14F3N3. The maximum atomic E-state index is 12.7. The van der Waals surface area contributed by atoms with Crippen molar-refractivity contribution in [1.29, 1.82) is 0 Å². The SMILES string of the molecule is FC(F)(F)c1ccnc(N2C3CCC2CNC3)c1. The summed E-state index contributed by atoms with van der Waals surface area (Å²) in [5.74, 6) is 0.457. The van der Waals surface area contributed by atoms with E-state index in [1.807, 2.05) is 4.90 Å². The van der Waals surface area contributed by atoms with Crippen LogP contribution in [0.1, 0.15) is 18.4 Å². The third-order valence-corrected chi connectivity index (χ3v) is 3.72. The van der Waals surface area contributed by atoms with Crippen molar-refractivity contribution in [1.82, 2.24) is 10.3 Å². The Labute approximate surface area is 103 Å². The van der Waals surface area contributed by atoms with E-state index in [2.05, 4.69) is 10.3 Å². The Morgan fingerprint density at radius 3 is 2.50 bits per heavy atom. The van der Waals surface area contributed by atoms with Gasteiger partial charge in [0.2, 0.25) is 0 Å². The lowest BCUT2D eigenvalue weighted by molar-refractivity contribution is -0.137. The van der Waals surface area contributed by atoms with E-state index in [1.54, 1.807) is 0 Å². The summed E-state index contributed by atoms with van der Waals surface area (Å²) >= 11 is 0. The van der Waals surface area contributed by atoms with Crippen molar-refractivity contribution in [3.8, 4) is 0 Å². The predicted molar refractivity (Wildman–Crippen MR) is 61.4 cm³/mol. The van der Waals surface area contributed by atoms with Crippen molar-refractivity contribution in [2.24, 2.45) is 0 Å². The van der Waals surface area contributed by atoms with Gasteiger partial charge in [0.15, 0.2) is 0 Å². The van der Waals surface area contributed by atoms with Crippen molar-refractivity contribution in [2.75, 3.05) is 18.0 Å². The zero-order valence-electron chi connectivity index (χ0n) is 9.74. The van der Waals surface area contributed by atoms with E-state index in [9.17, 15) is 13.2 Å². The number of nitrogens with zero attached hydrogens (tertiary/aromatic N) is 2. The molecule has 2 saturated heterocycles. The van der Waals surface area contributed by atoms with Crippen molar-refractivity contribution < 1.29 is 13.2 Å². The molecule has 0 aromatic carbocycles. The fraction of sp³-hybridized carbons (Fsp3) is 0.583. The van der Waals surface area contributed by atoms with Gasteiger partial charge in [0, 0.05) is 31.4 Å². The molecule has 6 heteroatoms. The van der Waals surface area contributed by atoms with Gasteiger partial charge in [-0.2, -0.15) is 13.2 Å². The number of rotatable bonds is 1. The van der Waals surface area contributed by atoms with Crippen molar-refractivity contribution in [3.63, 3.8) is 0 Å². The van der Waals surface area contributed by atoms with Crippen LogP contribution in [0, 0.1) is 0 Å². The molecule has 0 radical (unpaired) electrons. The lowest BCUT2D eigenvalue weighted by Gasteiger charge is -2.36. The molecule has 1 aromatic rings. The Kier molecular flexibility index (Phi) is 2.69. The maximum absolute atomic E-state index is 12.7. The molecule has 0 amide bonds. The molecule has 0 saturated carbocycles. The van der Waals surface area contributed by atoms with Crippen LogP contribution in [-0.4, -0.2) is 30.2 Å². The fourth-order valence-corrected chi connectivity index (χ4v) is 2.89.